The van der Waals surface area contributed by atoms with E-state index in [4.69, 9.17) is 9.15 Å². The monoisotopic (exact) mass is 379 g/mol. The van der Waals surface area contributed by atoms with Crippen LogP contribution in [0.15, 0.2) is 59.3 Å². The molecule has 0 saturated carbocycles. The van der Waals surface area contributed by atoms with Crippen molar-refractivity contribution < 1.29 is 18.8 Å². The molecule has 3 aromatic rings. The Labute approximate surface area is 163 Å². The van der Waals surface area contributed by atoms with Crippen LogP contribution in [-0.4, -0.2) is 54.3 Å². The molecule has 0 radical (unpaired) electrons. The summed E-state index contributed by atoms with van der Waals surface area (Å²) < 4.78 is 10.4. The van der Waals surface area contributed by atoms with E-state index in [0.717, 1.165) is 44.0 Å². The average Bonchev–Trinajstić information content (AvgIpc) is 3.29. The molecule has 144 valence electrons. The Hall–Kier alpha value is -3.19. The number of piperazine rings is 1. The molecule has 0 unspecified atom stereocenters. The summed E-state index contributed by atoms with van der Waals surface area (Å²) in [5, 5.41) is 7.56. The van der Waals surface area contributed by atoms with Gasteiger partial charge in [0.1, 0.15) is 12.3 Å². The summed E-state index contributed by atoms with van der Waals surface area (Å²) in [5.74, 6) is 1.40. The highest BCUT2D eigenvalue weighted by atomic mass is 16.5. The van der Waals surface area contributed by atoms with Crippen LogP contribution in [0.3, 0.4) is 0 Å². The first-order valence-electron chi connectivity index (χ1n) is 9.35. The van der Waals surface area contributed by atoms with Crippen molar-refractivity contribution in [2.24, 2.45) is 0 Å². The molecule has 1 aromatic heterocycles. The van der Waals surface area contributed by atoms with Gasteiger partial charge in [-0.1, -0.05) is 0 Å². The van der Waals surface area contributed by atoms with Gasteiger partial charge in [0.05, 0.1) is 33.3 Å². The van der Waals surface area contributed by atoms with Crippen molar-refractivity contribution in [3.63, 3.8) is 0 Å². The van der Waals surface area contributed by atoms with Gasteiger partial charge in [0, 0.05) is 16.7 Å². The Morgan fingerprint density at radius 1 is 1.11 bits per heavy atom. The standard InChI is InChI=1S/C21H22N4O3/c1-27-19-8-2-16(3-9-19)14-24-10-12-25(13-11-24)21(26)18-6-4-17(5-7-18)20-23-22-15-28-20/h2-9,15H,10-14H2,1H3/p+1. The molecule has 4 rings (SSSR count). The molecular formula is C21H23N4O3+. The number of hydrogen-bond donors (Lipinski definition) is 1. The summed E-state index contributed by atoms with van der Waals surface area (Å²) in [5.41, 5.74) is 2.77. The van der Waals surface area contributed by atoms with Gasteiger partial charge >= 0.3 is 0 Å². The van der Waals surface area contributed by atoms with Crippen molar-refractivity contribution >= 4 is 5.91 Å². The highest BCUT2D eigenvalue weighted by molar-refractivity contribution is 5.94. The smallest absolute Gasteiger partial charge is 0.254 e. The highest BCUT2D eigenvalue weighted by Crippen LogP contribution is 2.17. The largest absolute Gasteiger partial charge is 0.497 e. The highest BCUT2D eigenvalue weighted by Gasteiger charge is 2.24. The lowest BCUT2D eigenvalue weighted by molar-refractivity contribution is -0.917. The van der Waals surface area contributed by atoms with E-state index in [1.807, 2.05) is 41.3 Å². The molecule has 7 heteroatoms. The lowest BCUT2D eigenvalue weighted by Crippen LogP contribution is -3.13. The van der Waals surface area contributed by atoms with Gasteiger partial charge in [-0.3, -0.25) is 4.79 Å². The number of rotatable bonds is 5. The molecule has 7 nitrogen and oxygen atoms in total. The third-order valence-corrected chi connectivity index (χ3v) is 5.11. The molecule has 1 aliphatic heterocycles. The zero-order valence-electron chi connectivity index (χ0n) is 15.8. The minimum absolute atomic E-state index is 0.0700. The number of ether oxygens (including phenoxy) is 1. The van der Waals surface area contributed by atoms with E-state index >= 15 is 0 Å². The topological polar surface area (TPSA) is 72.9 Å². The summed E-state index contributed by atoms with van der Waals surface area (Å²) in [4.78, 5) is 16.2. The predicted octanol–water partition coefficient (Wildman–Crippen LogP) is 1.29. The maximum Gasteiger partial charge on any atom is 0.254 e. The first-order valence-corrected chi connectivity index (χ1v) is 9.35. The molecule has 0 aliphatic carbocycles. The maximum absolute atomic E-state index is 12.8. The lowest BCUT2D eigenvalue weighted by Gasteiger charge is -2.32. The van der Waals surface area contributed by atoms with Gasteiger partial charge in [0.2, 0.25) is 12.3 Å². The minimum atomic E-state index is 0.0700. The van der Waals surface area contributed by atoms with Gasteiger partial charge in [-0.05, 0) is 48.5 Å². The van der Waals surface area contributed by atoms with Crippen molar-refractivity contribution in [3.8, 4) is 17.2 Å². The van der Waals surface area contributed by atoms with Crippen LogP contribution < -0.4 is 9.64 Å². The Morgan fingerprint density at radius 3 is 2.43 bits per heavy atom. The average molecular weight is 379 g/mol. The van der Waals surface area contributed by atoms with Gasteiger partial charge in [0.25, 0.3) is 5.91 Å². The fourth-order valence-corrected chi connectivity index (χ4v) is 3.47. The summed E-state index contributed by atoms with van der Waals surface area (Å²) in [7, 11) is 1.68. The number of benzene rings is 2. The van der Waals surface area contributed by atoms with Gasteiger partial charge in [0.15, 0.2) is 0 Å². The number of quaternary nitrogens is 1. The van der Waals surface area contributed by atoms with E-state index in [1.165, 1.54) is 16.9 Å². The van der Waals surface area contributed by atoms with E-state index in [2.05, 4.69) is 22.3 Å². The molecule has 1 amide bonds. The number of carbonyl (C=O) groups excluding carboxylic acids is 1. The summed E-state index contributed by atoms with van der Waals surface area (Å²) in [6, 6.07) is 15.5. The van der Waals surface area contributed by atoms with Crippen LogP contribution in [0.2, 0.25) is 0 Å². The maximum atomic E-state index is 12.8. The molecule has 28 heavy (non-hydrogen) atoms. The second-order valence-corrected chi connectivity index (χ2v) is 6.89. The van der Waals surface area contributed by atoms with E-state index < -0.39 is 0 Å². The predicted molar refractivity (Wildman–Crippen MR) is 103 cm³/mol. The van der Waals surface area contributed by atoms with Gasteiger partial charge in [-0.15, -0.1) is 10.2 Å². The summed E-state index contributed by atoms with van der Waals surface area (Å²) in [6.45, 7) is 4.37. The summed E-state index contributed by atoms with van der Waals surface area (Å²) >= 11 is 0. The zero-order chi connectivity index (χ0) is 19.3. The third kappa shape index (κ3) is 4.04. The quantitative estimate of drug-likeness (QED) is 0.723. The fraction of sp³-hybridized carbons (Fsp3) is 0.286. The Morgan fingerprint density at radius 2 is 1.82 bits per heavy atom. The molecular weight excluding hydrogens is 356 g/mol. The number of aromatic nitrogens is 2. The minimum Gasteiger partial charge on any atom is -0.497 e. The van der Waals surface area contributed by atoms with Crippen LogP contribution in [0.5, 0.6) is 5.75 Å². The molecule has 1 fully saturated rings. The van der Waals surface area contributed by atoms with Crippen molar-refractivity contribution in [1.29, 1.82) is 0 Å². The third-order valence-electron chi connectivity index (χ3n) is 5.11. The Balaban J connectivity index is 1.32. The van der Waals surface area contributed by atoms with Crippen LogP contribution >= 0.6 is 0 Å². The van der Waals surface area contributed by atoms with Crippen molar-refractivity contribution in [2.75, 3.05) is 33.3 Å². The number of nitrogens with zero attached hydrogens (tertiary/aromatic N) is 3. The number of amides is 1. The number of hydrogen-bond acceptors (Lipinski definition) is 5. The molecule has 0 bridgehead atoms. The number of methoxy groups -OCH3 is 1. The molecule has 0 atom stereocenters. The van der Waals surface area contributed by atoms with E-state index in [-0.39, 0.29) is 5.91 Å². The first kappa shape index (κ1) is 18.2. The van der Waals surface area contributed by atoms with Crippen molar-refractivity contribution in [2.45, 2.75) is 6.54 Å². The second kappa shape index (κ2) is 8.22. The lowest BCUT2D eigenvalue weighted by atomic mass is 10.1. The molecule has 1 saturated heterocycles. The van der Waals surface area contributed by atoms with E-state index in [0.29, 0.717) is 11.5 Å². The molecule has 1 aliphatic rings. The molecule has 2 aromatic carbocycles. The van der Waals surface area contributed by atoms with Crippen LogP contribution in [0.1, 0.15) is 15.9 Å². The Kier molecular flexibility index (Phi) is 5.34. The van der Waals surface area contributed by atoms with Crippen LogP contribution in [-0.2, 0) is 6.54 Å². The van der Waals surface area contributed by atoms with E-state index in [9.17, 15) is 4.79 Å². The van der Waals surface area contributed by atoms with Gasteiger partial charge in [-0.25, -0.2) is 0 Å². The number of carbonyl (C=O) groups is 1. The normalized spacial score (nSPS) is 14.8. The van der Waals surface area contributed by atoms with Gasteiger partial charge in [-0.2, -0.15) is 0 Å². The SMILES string of the molecule is COc1ccc(C[NH+]2CCN(C(=O)c3ccc(-c4nnco4)cc3)CC2)cc1. The van der Waals surface area contributed by atoms with Crippen LogP contribution in [0, 0.1) is 0 Å². The molecule has 2 heterocycles. The fourth-order valence-electron chi connectivity index (χ4n) is 3.47. The first-order chi connectivity index (χ1) is 13.7. The Bertz CT molecular complexity index is 900. The van der Waals surface area contributed by atoms with Crippen LogP contribution in [0.4, 0.5) is 0 Å². The number of nitrogens with one attached hydrogen (secondary N) is 1. The van der Waals surface area contributed by atoms with Crippen molar-refractivity contribution in [3.05, 3.63) is 66.1 Å². The van der Waals surface area contributed by atoms with Crippen molar-refractivity contribution in [1.82, 2.24) is 15.1 Å². The van der Waals surface area contributed by atoms with E-state index in [1.54, 1.807) is 7.11 Å². The van der Waals surface area contributed by atoms with Crippen LogP contribution in [0.25, 0.3) is 11.5 Å². The van der Waals surface area contributed by atoms with Gasteiger partial charge < -0.3 is 19.0 Å². The molecule has 0 spiro atoms. The molecule has 1 N–H and O–H groups in total. The second-order valence-electron chi connectivity index (χ2n) is 6.89. The zero-order valence-corrected chi connectivity index (χ0v) is 15.8. The summed E-state index contributed by atoms with van der Waals surface area (Å²) in [6.07, 6.45) is 1.29.